The molecule has 1 amide bonds. The minimum atomic E-state index is -0.390. The zero-order chi connectivity index (χ0) is 21.6. The summed E-state index contributed by atoms with van der Waals surface area (Å²) < 4.78 is 16.1. The van der Waals surface area contributed by atoms with Gasteiger partial charge in [-0.15, -0.1) is 0 Å². The molecular weight excluding hydrogens is 378 g/mol. The van der Waals surface area contributed by atoms with Crippen LogP contribution in [0.3, 0.4) is 0 Å². The number of benzene rings is 3. The standard InChI is InChI=1S/C25H27NO4/c1-25(19-11-7-5-8-12-19,20-13-9-6-10-14-20)17-26-24(27)18-15-21(28-2)23(30-4)22(16-18)29-3/h5-16H,17H2,1-4H3,(H,26,27). The molecule has 0 fully saturated rings. The predicted octanol–water partition coefficient (Wildman–Crippen LogP) is 4.45. The monoisotopic (exact) mass is 405 g/mol. The molecule has 30 heavy (non-hydrogen) atoms. The molecule has 156 valence electrons. The fraction of sp³-hybridized carbons (Fsp3) is 0.240. The summed E-state index contributed by atoms with van der Waals surface area (Å²) in [7, 11) is 4.59. The molecular formula is C25H27NO4. The summed E-state index contributed by atoms with van der Waals surface area (Å²) >= 11 is 0. The first-order valence-electron chi connectivity index (χ1n) is 9.72. The summed E-state index contributed by atoms with van der Waals surface area (Å²) in [6, 6.07) is 23.7. The molecule has 1 N–H and O–H groups in total. The Morgan fingerprint density at radius 3 is 1.67 bits per heavy atom. The molecule has 0 radical (unpaired) electrons. The minimum Gasteiger partial charge on any atom is -0.493 e. The van der Waals surface area contributed by atoms with Gasteiger partial charge in [0, 0.05) is 17.5 Å². The third kappa shape index (κ3) is 4.25. The number of carbonyl (C=O) groups excluding carboxylic acids is 1. The molecule has 0 bridgehead atoms. The number of amides is 1. The van der Waals surface area contributed by atoms with Crippen LogP contribution in [0.5, 0.6) is 17.2 Å². The third-order valence-electron chi connectivity index (χ3n) is 5.35. The number of nitrogens with one attached hydrogen (secondary N) is 1. The van der Waals surface area contributed by atoms with Crippen molar-refractivity contribution in [3.63, 3.8) is 0 Å². The van der Waals surface area contributed by atoms with Gasteiger partial charge >= 0.3 is 0 Å². The molecule has 0 atom stereocenters. The van der Waals surface area contributed by atoms with E-state index in [1.54, 1.807) is 12.1 Å². The summed E-state index contributed by atoms with van der Waals surface area (Å²) in [6.07, 6.45) is 0. The van der Waals surface area contributed by atoms with Gasteiger partial charge < -0.3 is 19.5 Å². The average molecular weight is 405 g/mol. The van der Waals surface area contributed by atoms with Crippen LogP contribution in [0.15, 0.2) is 72.8 Å². The molecule has 3 rings (SSSR count). The molecule has 0 aromatic heterocycles. The van der Waals surface area contributed by atoms with Gasteiger partial charge in [-0.2, -0.15) is 0 Å². The van der Waals surface area contributed by atoms with Gasteiger partial charge in [0.05, 0.1) is 21.3 Å². The summed E-state index contributed by atoms with van der Waals surface area (Å²) in [6.45, 7) is 2.56. The van der Waals surface area contributed by atoms with Gasteiger partial charge in [-0.3, -0.25) is 4.79 Å². The molecule has 5 nitrogen and oxygen atoms in total. The van der Waals surface area contributed by atoms with E-state index in [1.807, 2.05) is 36.4 Å². The number of hydrogen-bond acceptors (Lipinski definition) is 4. The highest BCUT2D eigenvalue weighted by Crippen LogP contribution is 2.38. The van der Waals surface area contributed by atoms with E-state index in [9.17, 15) is 4.79 Å². The van der Waals surface area contributed by atoms with Crippen LogP contribution in [0, 0.1) is 0 Å². The van der Waals surface area contributed by atoms with Gasteiger partial charge in [0.15, 0.2) is 11.5 Å². The number of rotatable bonds is 8. The van der Waals surface area contributed by atoms with Gasteiger partial charge in [0.2, 0.25) is 5.75 Å². The minimum absolute atomic E-state index is 0.215. The Morgan fingerprint density at radius 1 is 0.800 bits per heavy atom. The number of hydrogen-bond donors (Lipinski definition) is 1. The maximum Gasteiger partial charge on any atom is 0.251 e. The number of carbonyl (C=O) groups is 1. The highest BCUT2D eigenvalue weighted by Gasteiger charge is 2.29. The second-order valence-electron chi connectivity index (χ2n) is 7.16. The fourth-order valence-corrected chi connectivity index (χ4v) is 3.55. The highest BCUT2D eigenvalue weighted by molar-refractivity contribution is 5.95. The molecule has 3 aromatic rings. The number of methoxy groups -OCH3 is 3. The van der Waals surface area contributed by atoms with E-state index in [2.05, 4.69) is 36.5 Å². The molecule has 0 aliphatic carbocycles. The Labute approximate surface area is 177 Å². The topological polar surface area (TPSA) is 56.8 Å². The lowest BCUT2D eigenvalue weighted by atomic mass is 9.76. The lowest BCUT2D eigenvalue weighted by Gasteiger charge is -2.31. The van der Waals surface area contributed by atoms with Gasteiger partial charge in [0.1, 0.15) is 0 Å². The van der Waals surface area contributed by atoms with Crippen LogP contribution in [0.2, 0.25) is 0 Å². The first kappa shape index (κ1) is 21.2. The zero-order valence-electron chi connectivity index (χ0n) is 17.8. The highest BCUT2D eigenvalue weighted by atomic mass is 16.5. The maximum atomic E-state index is 13.0. The molecule has 0 saturated heterocycles. The van der Waals surface area contributed by atoms with Crippen molar-refractivity contribution in [1.29, 1.82) is 0 Å². The van der Waals surface area contributed by atoms with Gasteiger partial charge in [-0.1, -0.05) is 60.7 Å². The SMILES string of the molecule is COc1cc(C(=O)NCC(C)(c2ccccc2)c2ccccc2)cc(OC)c1OC. The van der Waals surface area contributed by atoms with E-state index < -0.39 is 5.41 Å². The van der Waals surface area contributed by atoms with Crippen molar-refractivity contribution in [2.24, 2.45) is 0 Å². The summed E-state index contributed by atoms with van der Waals surface area (Å²) in [5.74, 6) is 1.12. The Morgan fingerprint density at radius 2 is 1.27 bits per heavy atom. The van der Waals surface area contributed by atoms with Crippen LogP contribution in [0.25, 0.3) is 0 Å². The molecule has 0 saturated carbocycles. The van der Waals surface area contributed by atoms with Crippen molar-refractivity contribution < 1.29 is 19.0 Å². The van der Waals surface area contributed by atoms with Gasteiger partial charge in [-0.25, -0.2) is 0 Å². The van der Waals surface area contributed by atoms with Crippen molar-refractivity contribution in [2.45, 2.75) is 12.3 Å². The lowest BCUT2D eigenvalue weighted by molar-refractivity contribution is 0.0946. The quantitative estimate of drug-likeness (QED) is 0.602. The van der Waals surface area contributed by atoms with Crippen molar-refractivity contribution >= 4 is 5.91 Å². The van der Waals surface area contributed by atoms with Crippen molar-refractivity contribution in [1.82, 2.24) is 5.32 Å². The predicted molar refractivity (Wildman–Crippen MR) is 118 cm³/mol. The van der Waals surface area contributed by atoms with Gasteiger partial charge in [-0.05, 0) is 30.2 Å². The normalized spacial score (nSPS) is 10.9. The Bertz CT molecular complexity index is 922. The Balaban J connectivity index is 1.91. The summed E-state index contributed by atoms with van der Waals surface area (Å²) in [5.41, 5.74) is 2.30. The molecule has 0 heterocycles. The molecule has 0 aliphatic rings. The van der Waals surface area contributed by atoms with Crippen LogP contribution in [-0.4, -0.2) is 33.8 Å². The maximum absolute atomic E-state index is 13.0. The lowest BCUT2D eigenvalue weighted by Crippen LogP contribution is -2.39. The second kappa shape index (κ2) is 9.35. The van der Waals surface area contributed by atoms with E-state index in [1.165, 1.54) is 21.3 Å². The average Bonchev–Trinajstić information content (AvgIpc) is 2.82. The van der Waals surface area contributed by atoms with Crippen LogP contribution in [-0.2, 0) is 5.41 Å². The fourth-order valence-electron chi connectivity index (χ4n) is 3.55. The van der Waals surface area contributed by atoms with Crippen molar-refractivity contribution in [3.05, 3.63) is 89.5 Å². The largest absolute Gasteiger partial charge is 0.493 e. The third-order valence-corrected chi connectivity index (χ3v) is 5.35. The first-order valence-corrected chi connectivity index (χ1v) is 9.72. The smallest absolute Gasteiger partial charge is 0.251 e. The van der Waals surface area contributed by atoms with Gasteiger partial charge in [0.25, 0.3) is 5.91 Å². The van der Waals surface area contributed by atoms with E-state index in [0.717, 1.165) is 11.1 Å². The van der Waals surface area contributed by atoms with Crippen LogP contribution >= 0.6 is 0 Å². The second-order valence-corrected chi connectivity index (χ2v) is 7.16. The molecule has 5 heteroatoms. The molecule has 0 spiro atoms. The summed E-state index contributed by atoms with van der Waals surface area (Å²) in [4.78, 5) is 13.0. The van der Waals surface area contributed by atoms with Crippen molar-refractivity contribution in [3.8, 4) is 17.2 Å². The number of ether oxygens (including phenoxy) is 3. The summed E-state index contributed by atoms with van der Waals surface area (Å²) in [5, 5.41) is 3.09. The van der Waals surface area contributed by atoms with E-state index in [4.69, 9.17) is 14.2 Å². The van der Waals surface area contributed by atoms with Crippen LogP contribution < -0.4 is 19.5 Å². The molecule has 0 unspecified atom stereocenters. The Kier molecular flexibility index (Phi) is 6.62. The Hall–Kier alpha value is -3.47. The van der Waals surface area contributed by atoms with Crippen LogP contribution in [0.1, 0.15) is 28.4 Å². The van der Waals surface area contributed by atoms with E-state index in [-0.39, 0.29) is 5.91 Å². The molecule has 0 aliphatic heterocycles. The molecule has 3 aromatic carbocycles. The van der Waals surface area contributed by atoms with E-state index >= 15 is 0 Å². The van der Waals surface area contributed by atoms with E-state index in [0.29, 0.717) is 29.4 Å². The van der Waals surface area contributed by atoms with Crippen LogP contribution in [0.4, 0.5) is 0 Å². The first-order chi connectivity index (χ1) is 14.5. The van der Waals surface area contributed by atoms with Crippen molar-refractivity contribution in [2.75, 3.05) is 27.9 Å². The zero-order valence-corrected chi connectivity index (χ0v) is 17.8.